The lowest BCUT2D eigenvalue weighted by Gasteiger charge is -2.30. The van der Waals surface area contributed by atoms with Crippen LogP contribution in [0.15, 0.2) is 4.52 Å². The van der Waals surface area contributed by atoms with Gasteiger partial charge in [-0.15, -0.1) is 11.8 Å². The quantitative estimate of drug-likeness (QED) is 0.926. The summed E-state index contributed by atoms with van der Waals surface area (Å²) in [6.07, 6.45) is 3.34. The van der Waals surface area contributed by atoms with E-state index in [4.69, 9.17) is 9.51 Å². The molecule has 20 heavy (non-hydrogen) atoms. The van der Waals surface area contributed by atoms with Gasteiger partial charge >= 0.3 is 0 Å². The Kier molecular flexibility index (Phi) is 4.62. The van der Waals surface area contributed by atoms with E-state index in [-0.39, 0.29) is 5.41 Å². The highest BCUT2D eigenvalue weighted by Crippen LogP contribution is 2.43. The predicted octanol–water partition coefficient (Wildman–Crippen LogP) is 3.01. The van der Waals surface area contributed by atoms with E-state index >= 15 is 0 Å². The van der Waals surface area contributed by atoms with Gasteiger partial charge in [0.25, 0.3) is 0 Å². The summed E-state index contributed by atoms with van der Waals surface area (Å²) in [6, 6.07) is 0. The second-order valence-electron chi connectivity index (χ2n) is 5.88. The normalized spacial score (nSPS) is 30.3. The third kappa shape index (κ3) is 2.88. The van der Waals surface area contributed by atoms with Crippen LogP contribution < -0.4 is 5.32 Å². The van der Waals surface area contributed by atoms with Crippen molar-refractivity contribution >= 4 is 23.5 Å². The maximum absolute atomic E-state index is 5.64. The summed E-state index contributed by atoms with van der Waals surface area (Å²) < 4.78 is 5.64. The first-order valence-electron chi connectivity index (χ1n) is 7.51. The number of piperidine rings is 1. The van der Waals surface area contributed by atoms with Crippen LogP contribution in [0.5, 0.6) is 0 Å². The van der Waals surface area contributed by atoms with Crippen LogP contribution in [0.25, 0.3) is 0 Å². The molecular weight excluding hydrogens is 290 g/mol. The molecule has 2 fully saturated rings. The molecule has 1 aromatic heterocycles. The molecule has 3 rings (SSSR count). The highest BCUT2D eigenvalue weighted by Gasteiger charge is 2.37. The van der Waals surface area contributed by atoms with Crippen LogP contribution in [-0.2, 0) is 5.41 Å². The Morgan fingerprint density at radius 1 is 1.30 bits per heavy atom. The fraction of sp³-hybridized carbons (Fsp3) is 0.857. The van der Waals surface area contributed by atoms with Gasteiger partial charge in [0.1, 0.15) is 0 Å². The minimum absolute atomic E-state index is 0.0602. The summed E-state index contributed by atoms with van der Waals surface area (Å²) in [5, 5.41) is 8.75. The molecule has 112 valence electrons. The van der Waals surface area contributed by atoms with E-state index in [1.807, 2.05) is 11.8 Å². The largest absolute Gasteiger partial charge is 0.339 e. The van der Waals surface area contributed by atoms with E-state index in [1.54, 1.807) is 0 Å². The zero-order chi connectivity index (χ0) is 14.0. The van der Waals surface area contributed by atoms with Crippen LogP contribution in [-0.4, -0.2) is 40.0 Å². The molecule has 0 bridgehead atoms. The van der Waals surface area contributed by atoms with Crippen molar-refractivity contribution < 1.29 is 4.52 Å². The summed E-state index contributed by atoms with van der Waals surface area (Å²) in [6.45, 7) is 6.59. The monoisotopic (exact) mass is 313 g/mol. The van der Waals surface area contributed by atoms with Gasteiger partial charge in [-0.2, -0.15) is 16.7 Å². The first kappa shape index (κ1) is 14.7. The molecule has 2 unspecified atom stereocenters. The van der Waals surface area contributed by atoms with Gasteiger partial charge in [-0.25, -0.2) is 0 Å². The minimum Gasteiger partial charge on any atom is -0.339 e. The number of hydrogen-bond donors (Lipinski definition) is 1. The third-order valence-electron chi connectivity index (χ3n) is 4.37. The van der Waals surface area contributed by atoms with Gasteiger partial charge in [-0.05, 0) is 32.4 Å². The smallest absolute Gasteiger partial charge is 0.232 e. The molecule has 0 aromatic carbocycles. The van der Waals surface area contributed by atoms with E-state index in [0.717, 1.165) is 37.6 Å². The van der Waals surface area contributed by atoms with Crippen molar-refractivity contribution in [2.24, 2.45) is 0 Å². The number of hydrogen-bond acceptors (Lipinski definition) is 6. The van der Waals surface area contributed by atoms with Crippen LogP contribution in [0.1, 0.15) is 50.1 Å². The van der Waals surface area contributed by atoms with E-state index in [9.17, 15) is 0 Å². The average molecular weight is 313 g/mol. The van der Waals surface area contributed by atoms with Gasteiger partial charge in [0, 0.05) is 22.2 Å². The molecule has 0 radical (unpaired) electrons. The lowest BCUT2D eigenvalue weighted by Crippen LogP contribution is -2.37. The van der Waals surface area contributed by atoms with Crippen LogP contribution in [0, 0.1) is 0 Å². The van der Waals surface area contributed by atoms with Crippen molar-refractivity contribution in [3.8, 4) is 0 Å². The van der Waals surface area contributed by atoms with Gasteiger partial charge in [0.05, 0.1) is 5.25 Å². The molecule has 2 atom stereocenters. The van der Waals surface area contributed by atoms with Crippen LogP contribution in [0.3, 0.4) is 0 Å². The Hall–Kier alpha value is -0.200. The maximum atomic E-state index is 5.64. The van der Waals surface area contributed by atoms with Gasteiger partial charge in [-0.3, -0.25) is 0 Å². The number of nitrogens with one attached hydrogen (secondary N) is 1. The zero-order valence-corrected chi connectivity index (χ0v) is 13.9. The summed E-state index contributed by atoms with van der Waals surface area (Å²) in [7, 11) is 0. The number of rotatable bonds is 3. The average Bonchev–Trinajstić information content (AvgIpc) is 2.98. The Morgan fingerprint density at radius 2 is 2.05 bits per heavy atom. The first-order valence-corrected chi connectivity index (χ1v) is 9.61. The molecule has 4 nitrogen and oxygen atoms in total. The molecule has 1 aromatic rings. The van der Waals surface area contributed by atoms with Crippen molar-refractivity contribution in [3.63, 3.8) is 0 Å². The molecule has 0 aliphatic carbocycles. The summed E-state index contributed by atoms with van der Waals surface area (Å²) in [5.74, 6) is 4.20. The molecule has 0 saturated carbocycles. The van der Waals surface area contributed by atoms with Gasteiger partial charge in [0.2, 0.25) is 5.89 Å². The molecule has 1 N–H and O–H groups in total. The van der Waals surface area contributed by atoms with Crippen molar-refractivity contribution in [1.29, 1.82) is 0 Å². The van der Waals surface area contributed by atoms with Gasteiger partial charge < -0.3 is 9.84 Å². The van der Waals surface area contributed by atoms with Crippen molar-refractivity contribution in [2.75, 3.05) is 24.6 Å². The predicted molar refractivity (Wildman–Crippen MR) is 85.5 cm³/mol. The second-order valence-corrected chi connectivity index (χ2v) is 8.47. The Balaban J connectivity index is 1.78. The van der Waals surface area contributed by atoms with E-state index in [1.165, 1.54) is 17.9 Å². The Morgan fingerprint density at radius 3 is 2.80 bits per heavy atom. The third-order valence-corrected chi connectivity index (χ3v) is 7.61. The lowest BCUT2D eigenvalue weighted by molar-refractivity contribution is 0.240. The zero-order valence-electron chi connectivity index (χ0n) is 12.2. The molecular formula is C14H23N3OS2. The van der Waals surface area contributed by atoms with Crippen molar-refractivity contribution in [2.45, 2.75) is 49.0 Å². The topological polar surface area (TPSA) is 51.0 Å². The molecule has 3 heterocycles. The number of thioether (sulfide) groups is 2. The molecule has 2 saturated heterocycles. The summed E-state index contributed by atoms with van der Waals surface area (Å²) in [5.41, 5.74) is 0.0602. The molecule has 6 heteroatoms. The molecule has 0 amide bonds. The standard InChI is InChI=1S/C14H23N3OS2/c1-3-10-11(20-9-8-19-10)12-16-13(18-17-12)14(2)4-6-15-7-5-14/h10-11,15H,3-9H2,1-2H3. The maximum Gasteiger partial charge on any atom is 0.232 e. The van der Waals surface area contributed by atoms with E-state index in [2.05, 4.69) is 36.1 Å². The fourth-order valence-corrected chi connectivity index (χ4v) is 5.91. The Bertz CT molecular complexity index is 445. The summed E-state index contributed by atoms with van der Waals surface area (Å²) in [4.78, 5) is 4.79. The number of nitrogens with zero attached hydrogens (tertiary/aromatic N) is 2. The second kappa shape index (κ2) is 6.28. The SMILES string of the molecule is CCC1SCCSC1c1noc(C2(C)CCNCC2)n1. The van der Waals surface area contributed by atoms with Gasteiger partial charge in [-0.1, -0.05) is 19.0 Å². The van der Waals surface area contributed by atoms with Crippen molar-refractivity contribution in [1.82, 2.24) is 15.5 Å². The minimum atomic E-state index is 0.0602. The van der Waals surface area contributed by atoms with Crippen molar-refractivity contribution in [3.05, 3.63) is 11.7 Å². The van der Waals surface area contributed by atoms with Crippen LogP contribution in [0.2, 0.25) is 0 Å². The number of aromatic nitrogens is 2. The molecule has 0 spiro atoms. The first-order chi connectivity index (χ1) is 9.73. The van der Waals surface area contributed by atoms with Crippen LogP contribution in [0.4, 0.5) is 0 Å². The highest BCUT2D eigenvalue weighted by atomic mass is 32.2. The molecule has 2 aliphatic rings. The lowest BCUT2D eigenvalue weighted by atomic mass is 9.81. The fourth-order valence-electron chi connectivity index (χ4n) is 2.93. The van der Waals surface area contributed by atoms with Gasteiger partial charge in [0.15, 0.2) is 5.82 Å². The van der Waals surface area contributed by atoms with Crippen LogP contribution >= 0.6 is 23.5 Å². The summed E-state index contributed by atoms with van der Waals surface area (Å²) >= 11 is 4.05. The highest BCUT2D eigenvalue weighted by molar-refractivity contribution is 8.06. The van der Waals surface area contributed by atoms with E-state index < -0.39 is 0 Å². The van der Waals surface area contributed by atoms with E-state index in [0.29, 0.717) is 10.5 Å². The molecule has 2 aliphatic heterocycles. The Labute approximate surface area is 129 Å².